The first-order valence-corrected chi connectivity index (χ1v) is 14.1. The monoisotopic (exact) mass is 508 g/mol. The van der Waals surface area contributed by atoms with Gasteiger partial charge in [0, 0.05) is 0 Å². The zero-order valence-corrected chi connectivity index (χ0v) is 21.4. The fourth-order valence-electron chi connectivity index (χ4n) is 4.58. The number of hydrogen-bond donors (Lipinski definition) is 0. The molecule has 0 saturated carbocycles. The van der Waals surface area contributed by atoms with E-state index in [1.54, 1.807) is 16.4 Å². The summed E-state index contributed by atoms with van der Waals surface area (Å²) in [5, 5.41) is 3.17. The van der Waals surface area contributed by atoms with E-state index in [0.717, 1.165) is 8.58 Å². The summed E-state index contributed by atoms with van der Waals surface area (Å²) in [6.07, 6.45) is 7.43. The van der Waals surface area contributed by atoms with Gasteiger partial charge in [0.05, 0.1) is 0 Å². The van der Waals surface area contributed by atoms with Crippen LogP contribution in [-0.4, -0.2) is 0 Å². The second-order valence-electron chi connectivity index (χ2n) is 8.13. The zero-order chi connectivity index (χ0) is 20.0. The van der Waals surface area contributed by atoms with Gasteiger partial charge in [-0.2, -0.15) is 0 Å². The topological polar surface area (TPSA) is 0 Å². The number of allylic oxidation sites excluding steroid dienone is 2. The number of fused-ring (bicyclic) bond motifs is 2. The van der Waals surface area contributed by atoms with Crippen LogP contribution >= 0.6 is 8.58 Å². The van der Waals surface area contributed by atoms with Gasteiger partial charge >= 0.3 is 188 Å². The Labute approximate surface area is 197 Å². The molecule has 0 radical (unpaired) electrons. The quantitative estimate of drug-likeness (QED) is 0.458. The van der Waals surface area contributed by atoms with Crippen LogP contribution in [0.2, 0.25) is 0 Å². The normalized spacial score (nSPS) is 18.1. The summed E-state index contributed by atoms with van der Waals surface area (Å²) in [4.78, 5) is 0. The van der Waals surface area contributed by atoms with E-state index in [9.17, 15) is 0 Å². The third-order valence-corrected chi connectivity index (χ3v) is 12.9. The Bertz CT molecular complexity index is 1170. The molecule has 3 aromatic carbocycles. The van der Waals surface area contributed by atoms with Crippen LogP contribution < -0.4 is 14.7 Å². The molecule has 0 nitrogen and oxygen atoms in total. The van der Waals surface area contributed by atoms with Gasteiger partial charge in [-0.15, -0.1) is 0 Å². The molecule has 3 aromatic rings. The smallest absolute Gasteiger partial charge is 1.00 e. The molecule has 0 aliphatic heterocycles. The third kappa shape index (κ3) is 4.46. The van der Waals surface area contributed by atoms with Crippen LogP contribution in [0.3, 0.4) is 0 Å². The molecule has 2 aliphatic rings. The maximum Gasteiger partial charge on any atom is -1.00 e. The first-order chi connectivity index (χ1) is 14.1. The Hall–Kier alpha value is -1.69. The molecule has 0 fully saturated rings. The maximum atomic E-state index is 2.52. The largest absolute Gasteiger partial charge is 1.00 e. The Morgan fingerprint density at radius 3 is 2.29 bits per heavy atom. The van der Waals surface area contributed by atoms with Gasteiger partial charge in [-0.3, -0.25) is 0 Å². The van der Waals surface area contributed by atoms with Crippen molar-refractivity contribution < 1.29 is 32.6 Å². The SMILES string of the molecule is Cc1ccccc1PC1=Cc2ccccc2[CH]1[Zr+2][CH]1C=Cc2c(C)ccc(C)c21.[F-].[F-]. The molecule has 4 heteroatoms. The molecule has 31 heavy (non-hydrogen) atoms. The summed E-state index contributed by atoms with van der Waals surface area (Å²) in [5.41, 5.74) is 10.5. The van der Waals surface area contributed by atoms with Crippen LogP contribution in [0.4, 0.5) is 0 Å². The summed E-state index contributed by atoms with van der Waals surface area (Å²) >= 11 is -0.767. The Balaban J connectivity index is 0.00000136. The van der Waals surface area contributed by atoms with E-state index in [2.05, 4.69) is 99.7 Å². The molecule has 0 N–H and O–H groups in total. The van der Waals surface area contributed by atoms with Gasteiger partial charge in [0.1, 0.15) is 0 Å². The number of benzene rings is 3. The number of rotatable bonds is 4. The van der Waals surface area contributed by atoms with Crippen LogP contribution in [0, 0.1) is 20.8 Å². The predicted octanol–water partition coefficient (Wildman–Crippen LogP) is 0.870. The minimum absolute atomic E-state index is 0. The molecular formula is C27H25F2PZr. The van der Waals surface area contributed by atoms with E-state index >= 15 is 0 Å². The van der Waals surface area contributed by atoms with Gasteiger partial charge in [-0.25, -0.2) is 0 Å². The molecular weight excluding hydrogens is 484 g/mol. The predicted molar refractivity (Wildman–Crippen MR) is 124 cm³/mol. The van der Waals surface area contributed by atoms with E-state index in [1.165, 1.54) is 33.1 Å². The first kappa shape index (κ1) is 24.0. The molecule has 5 rings (SSSR count). The standard InChI is InChI=1S/C16H14P.C11H11.2FH.Zr/c1-12-6-2-5-9-16(12)17-15-10-13-7-3-4-8-14(13)11-15;1-8-6-7-9(2)11-5-3-4-10(8)11;;;/h2-11,17H,1H3;3-7H,1-2H3;2*1H;/q;;;;+2/p-2. The van der Waals surface area contributed by atoms with Gasteiger partial charge in [0.15, 0.2) is 0 Å². The molecule has 3 atom stereocenters. The first-order valence-electron chi connectivity index (χ1n) is 10.3. The number of aryl methyl sites for hydroxylation is 3. The fourth-order valence-corrected chi connectivity index (χ4v) is 11.4. The van der Waals surface area contributed by atoms with Crippen molar-refractivity contribution in [1.29, 1.82) is 0 Å². The molecule has 0 bridgehead atoms. The van der Waals surface area contributed by atoms with Gasteiger partial charge in [-0.1, -0.05) is 0 Å². The molecule has 3 unspecified atom stereocenters. The van der Waals surface area contributed by atoms with Crippen molar-refractivity contribution in [3.8, 4) is 0 Å². The minimum atomic E-state index is -0.767. The minimum Gasteiger partial charge on any atom is -1.00 e. The Morgan fingerprint density at radius 1 is 0.774 bits per heavy atom. The van der Waals surface area contributed by atoms with E-state index < -0.39 is 23.2 Å². The summed E-state index contributed by atoms with van der Waals surface area (Å²) in [6, 6.07) is 22.6. The molecule has 0 heterocycles. The van der Waals surface area contributed by atoms with Crippen LogP contribution in [-0.2, 0) is 23.2 Å². The van der Waals surface area contributed by atoms with E-state index in [4.69, 9.17) is 0 Å². The average molecular weight is 510 g/mol. The average Bonchev–Trinajstić information content (AvgIpc) is 3.30. The molecule has 0 saturated heterocycles. The molecule has 0 amide bonds. The molecule has 0 aromatic heterocycles. The Morgan fingerprint density at radius 2 is 1.48 bits per heavy atom. The molecule has 156 valence electrons. The summed E-state index contributed by atoms with van der Waals surface area (Å²) in [6.45, 7) is 6.81. The number of halogens is 2. The van der Waals surface area contributed by atoms with E-state index in [-0.39, 0.29) is 9.41 Å². The van der Waals surface area contributed by atoms with Crippen molar-refractivity contribution >= 4 is 26.0 Å². The van der Waals surface area contributed by atoms with Gasteiger partial charge in [0.2, 0.25) is 0 Å². The summed E-state index contributed by atoms with van der Waals surface area (Å²) in [7, 11) is 0.784. The molecule has 2 aliphatic carbocycles. The van der Waals surface area contributed by atoms with Crippen molar-refractivity contribution in [3.05, 3.63) is 111 Å². The van der Waals surface area contributed by atoms with Crippen molar-refractivity contribution in [2.45, 2.75) is 28.0 Å². The number of hydrogen-bond acceptors (Lipinski definition) is 0. The zero-order valence-electron chi connectivity index (χ0n) is 17.9. The van der Waals surface area contributed by atoms with Gasteiger partial charge in [-0.05, 0) is 0 Å². The van der Waals surface area contributed by atoms with Crippen molar-refractivity contribution in [3.63, 3.8) is 0 Å². The van der Waals surface area contributed by atoms with Crippen LogP contribution in [0.5, 0.6) is 0 Å². The second kappa shape index (κ2) is 9.85. The van der Waals surface area contributed by atoms with Crippen LogP contribution in [0.15, 0.2) is 72.1 Å². The van der Waals surface area contributed by atoms with Gasteiger partial charge < -0.3 is 9.41 Å². The van der Waals surface area contributed by atoms with E-state index in [1.807, 2.05) is 0 Å². The van der Waals surface area contributed by atoms with Crippen molar-refractivity contribution in [1.82, 2.24) is 0 Å². The molecule has 0 spiro atoms. The van der Waals surface area contributed by atoms with Crippen LogP contribution in [0.25, 0.3) is 12.2 Å². The van der Waals surface area contributed by atoms with Crippen molar-refractivity contribution in [2.75, 3.05) is 0 Å². The summed E-state index contributed by atoms with van der Waals surface area (Å²) in [5.74, 6) is 0. The second-order valence-corrected chi connectivity index (χ2v) is 13.3. The third-order valence-electron chi connectivity index (χ3n) is 6.19. The van der Waals surface area contributed by atoms with Gasteiger partial charge in [0.25, 0.3) is 0 Å². The Kier molecular flexibility index (Phi) is 7.61. The summed E-state index contributed by atoms with van der Waals surface area (Å²) < 4.78 is 1.35. The van der Waals surface area contributed by atoms with Crippen LogP contribution in [0.1, 0.15) is 46.2 Å². The van der Waals surface area contributed by atoms with E-state index in [0.29, 0.717) is 7.25 Å². The maximum absolute atomic E-state index is 2.52. The van der Waals surface area contributed by atoms with Crippen molar-refractivity contribution in [2.24, 2.45) is 0 Å². The fraction of sp³-hybridized carbons (Fsp3) is 0.185.